The van der Waals surface area contributed by atoms with E-state index in [1.807, 2.05) is 6.07 Å². The predicted molar refractivity (Wildman–Crippen MR) is 87.2 cm³/mol. The van der Waals surface area contributed by atoms with E-state index in [9.17, 15) is 9.90 Å². The van der Waals surface area contributed by atoms with Crippen molar-refractivity contribution in [3.63, 3.8) is 0 Å². The lowest BCUT2D eigenvalue weighted by Gasteiger charge is -2.39. The molecule has 2 rings (SSSR count). The fourth-order valence-corrected chi connectivity index (χ4v) is 3.38. The standard InChI is InChI=1S/C18H27NO2/c1-4-13(3)12-14(5-2)19-11-7-9-15-16(18(20)21)8-6-10-17(15)19/h6,8,10,13-14H,4-5,7,9,11-12H2,1-3H3,(H,20,21). The normalized spacial score (nSPS) is 17.2. The molecular formula is C18H27NO2. The van der Waals surface area contributed by atoms with Crippen molar-refractivity contribution >= 4 is 11.7 Å². The van der Waals surface area contributed by atoms with Crippen LogP contribution in [0.2, 0.25) is 0 Å². The molecule has 0 bridgehead atoms. The summed E-state index contributed by atoms with van der Waals surface area (Å²) in [6, 6.07) is 6.24. The lowest BCUT2D eigenvalue weighted by molar-refractivity contribution is 0.0695. The van der Waals surface area contributed by atoms with E-state index in [4.69, 9.17) is 0 Å². The molecular weight excluding hydrogens is 262 g/mol. The van der Waals surface area contributed by atoms with Crippen molar-refractivity contribution in [1.82, 2.24) is 0 Å². The first-order valence-electron chi connectivity index (χ1n) is 8.20. The molecule has 0 aromatic heterocycles. The molecule has 1 aromatic rings. The third-order valence-electron chi connectivity index (χ3n) is 4.80. The highest BCUT2D eigenvalue weighted by molar-refractivity contribution is 5.91. The van der Waals surface area contributed by atoms with Gasteiger partial charge in [-0.05, 0) is 49.3 Å². The lowest BCUT2D eigenvalue weighted by atomic mass is 9.91. The molecule has 1 aromatic carbocycles. The molecule has 1 aliphatic rings. The average molecular weight is 289 g/mol. The van der Waals surface area contributed by atoms with Crippen molar-refractivity contribution in [3.8, 4) is 0 Å². The van der Waals surface area contributed by atoms with Crippen LogP contribution in [0.5, 0.6) is 0 Å². The zero-order valence-corrected chi connectivity index (χ0v) is 13.4. The Kier molecular flexibility index (Phi) is 5.27. The van der Waals surface area contributed by atoms with Gasteiger partial charge >= 0.3 is 5.97 Å². The SMILES string of the molecule is CCC(C)CC(CC)N1CCCc2c(C(=O)O)cccc21. The van der Waals surface area contributed by atoms with Crippen molar-refractivity contribution in [2.45, 2.75) is 58.9 Å². The monoisotopic (exact) mass is 289 g/mol. The molecule has 0 spiro atoms. The van der Waals surface area contributed by atoms with E-state index in [1.165, 1.54) is 12.8 Å². The van der Waals surface area contributed by atoms with Gasteiger partial charge in [-0.15, -0.1) is 0 Å². The number of hydrogen-bond acceptors (Lipinski definition) is 2. The number of benzene rings is 1. The van der Waals surface area contributed by atoms with Crippen LogP contribution in [0.3, 0.4) is 0 Å². The molecule has 1 heterocycles. The van der Waals surface area contributed by atoms with E-state index < -0.39 is 5.97 Å². The second kappa shape index (κ2) is 6.97. The van der Waals surface area contributed by atoms with Crippen LogP contribution in [0, 0.1) is 5.92 Å². The fourth-order valence-electron chi connectivity index (χ4n) is 3.38. The minimum atomic E-state index is -0.802. The lowest BCUT2D eigenvalue weighted by Crippen LogP contribution is -2.40. The summed E-state index contributed by atoms with van der Waals surface area (Å²) < 4.78 is 0. The quantitative estimate of drug-likeness (QED) is 0.846. The third kappa shape index (κ3) is 3.39. The van der Waals surface area contributed by atoms with Crippen molar-refractivity contribution < 1.29 is 9.90 Å². The molecule has 1 N–H and O–H groups in total. The number of fused-ring (bicyclic) bond motifs is 1. The summed E-state index contributed by atoms with van der Waals surface area (Å²) in [7, 11) is 0. The zero-order valence-electron chi connectivity index (χ0n) is 13.4. The molecule has 0 fully saturated rings. The van der Waals surface area contributed by atoms with Crippen molar-refractivity contribution in [2.75, 3.05) is 11.4 Å². The molecule has 0 saturated carbocycles. The van der Waals surface area contributed by atoms with Gasteiger partial charge in [0.05, 0.1) is 5.56 Å². The fraction of sp³-hybridized carbons (Fsp3) is 0.611. The minimum absolute atomic E-state index is 0.482. The molecule has 0 saturated heterocycles. The summed E-state index contributed by atoms with van der Waals surface area (Å²) in [5.74, 6) is -0.0911. The Morgan fingerprint density at radius 1 is 1.33 bits per heavy atom. The second-order valence-corrected chi connectivity index (χ2v) is 6.22. The zero-order chi connectivity index (χ0) is 15.4. The van der Waals surface area contributed by atoms with Gasteiger partial charge in [0.15, 0.2) is 0 Å². The van der Waals surface area contributed by atoms with E-state index in [-0.39, 0.29) is 0 Å². The van der Waals surface area contributed by atoms with E-state index in [0.29, 0.717) is 17.5 Å². The van der Waals surface area contributed by atoms with Gasteiger partial charge in [0.2, 0.25) is 0 Å². The number of carbonyl (C=O) groups is 1. The van der Waals surface area contributed by atoms with Crippen LogP contribution in [-0.2, 0) is 6.42 Å². The second-order valence-electron chi connectivity index (χ2n) is 6.22. The average Bonchev–Trinajstić information content (AvgIpc) is 2.51. The van der Waals surface area contributed by atoms with Gasteiger partial charge in [-0.1, -0.05) is 33.3 Å². The molecule has 21 heavy (non-hydrogen) atoms. The van der Waals surface area contributed by atoms with Gasteiger partial charge in [0.25, 0.3) is 0 Å². The molecule has 2 unspecified atom stereocenters. The molecule has 0 radical (unpaired) electrons. The highest BCUT2D eigenvalue weighted by atomic mass is 16.4. The molecule has 3 heteroatoms. The summed E-state index contributed by atoms with van der Waals surface area (Å²) >= 11 is 0. The molecule has 3 nitrogen and oxygen atoms in total. The van der Waals surface area contributed by atoms with Gasteiger partial charge < -0.3 is 10.0 Å². The number of aromatic carboxylic acids is 1. The van der Waals surface area contributed by atoms with Crippen molar-refractivity contribution in [1.29, 1.82) is 0 Å². The molecule has 0 amide bonds. The van der Waals surface area contributed by atoms with Crippen LogP contribution in [0.1, 0.15) is 62.4 Å². The predicted octanol–water partition coefficient (Wildman–Crippen LogP) is 4.35. The van der Waals surface area contributed by atoms with E-state index >= 15 is 0 Å². The first-order chi connectivity index (χ1) is 10.1. The minimum Gasteiger partial charge on any atom is -0.478 e. The summed E-state index contributed by atoms with van der Waals surface area (Å²) in [6.45, 7) is 7.83. The Labute approximate surface area is 128 Å². The summed E-state index contributed by atoms with van der Waals surface area (Å²) in [4.78, 5) is 13.9. The number of nitrogens with zero attached hydrogens (tertiary/aromatic N) is 1. The molecule has 2 atom stereocenters. The summed E-state index contributed by atoms with van der Waals surface area (Å²) in [6.07, 6.45) is 5.43. The Morgan fingerprint density at radius 3 is 2.71 bits per heavy atom. The van der Waals surface area contributed by atoms with Crippen LogP contribution in [0.4, 0.5) is 5.69 Å². The van der Waals surface area contributed by atoms with E-state index in [2.05, 4.69) is 31.7 Å². The Balaban J connectivity index is 2.32. The maximum absolute atomic E-state index is 11.4. The molecule has 116 valence electrons. The van der Waals surface area contributed by atoms with Crippen LogP contribution >= 0.6 is 0 Å². The number of carboxylic acids is 1. The van der Waals surface area contributed by atoms with Crippen LogP contribution in [0.25, 0.3) is 0 Å². The Hall–Kier alpha value is -1.51. The Bertz CT molecular complexity index is 498. The smallest absolute Gasteiger partial charge is 0.336 e. The largest absolute Gasteiger partial charge is 0.478 e. The maximum Gasteiger partial charge on any atom is 0.336 e. The van der Waals surface area contributed by atoms with Gasteiger partial charge in [0, 0.05) is 18.3 Å². The Morgan fingerprint density at radius 2 is 2.10 bits per heavy atom. The van der Waals surface area contributed by atoms with E-state index in [1.54, 1.807) is 6.07 Å². The number of anilines is 1. The van der Waals surface area contributed by atoms with Crippen LogP contribution < -0.4 is 4.90 Å². The van der Waals surface area contributed by atoms with Gasteiger partial charge in [-0.2, -0.15) is 0 Å². The maximum atomic E-state index is 11.4. The third-order valence-corrected chi connectivity index (χ3v) is 4.80. The topological polar surface area (TPSA) is 40.5 Å². The van der Waals surface area contributed by atoms with Crippen LogP contribution in [-0.4, -0.2) is 23.7 Å². The summed E-state index contributed by atoms with van der Waals surface area (Å²) in [5.41, 5.74) is 2.66. The first-order valence-corrected chi connectivity index (χ1v) is 8.20. The van der Waals surface area contributed by atoms with Gasteiger partial charge in [-0.25, -0.2) is 4.79 Å². The molecule has 0 aliphatic carbocycles. The van der Waals surface area contributed by atoms with Crippen molar-refractivity contribution in [2.24, 2.45) is 5.92 Å². The number of hydrogen-bond donors (Lipinski definition) is 1. The van der Waals surface area contributed by atoms with Crippen LogP contribution in [0.15, 0.2) is 18.2 Å². The highest BCUT2D eigenvalue weighted by Gasteiger charge is 2.26. The van der Waals surface area contributed by atoms with Crippen molar-refractivity contribution in [3.05, 3.63) is 29.3 Å². The van der Waals surface area contributed by atoms with Gasteiger partial charge in [-0.3, -0.25) is 0 Å². The molecule has 1 aliphatic heterocycles. The summed E-state index contributed by atoms with van der Waals surface area (Å²) in [5, 5.41) is 9.39. The highest BCUT2D eigenvalue weighted by Crippen LogP contribution is 2.33. The van der Waals surface area contributed by atoms with E-state index in [0.717, 1.165) is 37.1 Å². The number of rotatable bonds is 6. The van der Waals surface area contributed by atoms with Gasteiger partial charge in [0.1, 0.15) is 0 Å². The number of carboxylic acid groups (broad SMARTS) is 1. The first kappa shape index (κ1) is 15.9.